The van der Waals surface area contributed by atoms with E-state index in [0.29, 0.717) is 11.6 Å². The Hall–Kier alpha value is -1.73. The van der Waals surface area contributed by atoms with Gasteiger partial charge in [0.15, 0.2) is 5.13 Å². The third-order valence-electron chi connectivity index (χ3n) is 5.12. The minimum absolute atomic E-state index is 0.0367. The molecule has 3 heterocycles. The lowest BCUT2D eigenvalue weighted by molar-refractivity contribution is -0.115. The number of hydrogen-bond donors (Lipinski definition) is 1. The predicted molar refractivity (Wildman–Crippen MR) is 105 cm³/mol. The normalized spacial score (nSPS) is 21.1. The Bertz CT molecular complexity index is 771. The van der Waals surface area contributed by atoms with E-state index >= 15 is 0 Å². The standard InChI is InChI=1S/C19H29N5OS/c1-12-6-13(2)9-24(8-12)10-16-11-26-19(20-16)21-18(25)7-17-14(3)22-23(5)15(17)4/h11-13H,6-10H2,1-5H3,(H,20,21,25). The van der Waals surface area contributed by atoms with Gasteiger partial charge in [-0.3, -0.25) is 14.4 Å². The fourth-order valence-electron chi connectivity index (χ4n) is 3.98. The number of aryl methyl sites for hydroxylation is 2. The van der Waals surface area contributed by atoms with E-state index in [1.807, 2.05) is 25.6 Å². The molecule has 2 aromatic rings. The monoisotopic (exact) mass is 375 g/mol. The molecule has 1 aliphatic heterocycles. The van der Waals surface area contributed by atoms with E-state index < -0.39 is 0 Å². The summed E-state index contributed by atoms with van der Waals surface area (Å²) >= 11 is 1.50. The Morgan fingerprint density at radius 2 is 2.00 bits per heavy atom. The summed E-state index contributed by atoms with van der Waals surface area (Å²) in [7, 11) is 1.90. The van der Waals surface area contributed by atoms with Crippen LogP contribution in [0.25, 0.3) is 0 Å². The molecule has 2 aromatic heterocycles. The van der Waals surface area contributed by atoms with Crippen molar-refractivity contribution in [3.63, 3.8) is 0 Å². The Morgan fingerprint density at radius 1 is 1.31 bits per heavy atom. The second-order valence-electron chi connectivity index (χ2n) is 7.78. The van der Waals surface area contributed by atoms with Gasteiger partial charge in [-0.25, -0.2) is 4.98 Å². The number of nitrogens with zero attached hydrogens (tertiary/aromatic N) is 4. The maximum Gasteiger partial charge on any atom is 0.230 e. The highest BCUT2D eigenvalue weighted by Gasteiger charge is 2.22. The van der Waals surface area contributed by atoms with Crippen molar-refractivity contribution >= 4 is 22.4 Å². The number of carbonyl (C=O) groups excluding carboxylic acids is 1. The van der Waals surface area contributed by atoms with E-state index in [4.69, 9.17) is 0 Å². The van der Waals surface area contributed by atoms with Crippen molar-refractivity contribution in [2.75, 3.05) is 18.4 Å². The molecular weight excluding hydrogens is 346 g/mol. The van der Waals surface area contributed by atoms with Gasteiger partial charge < -0.3 is 5.32 Å². The first kappa shape index (κ1) is 19.0. The van der Waals surface area contributed by atoms with Gasteiger partial charge in [-0.05, 0) is 32.1 Å². The Balaban J connectivity index is 1.57. The molecule has 1 saturated heterocycles. The lowest BCUT2D eigenvalue weighted by Crippen LogP contribution is -2.38. The molecule has 0 aromatic carbocycles. The molecule has 1 N–H and O–H groups in total. The molecule has 2 unspecified atom stereocenters. The van der Waals surface area contributed by atoms with Crippen LogP contribution in [0.4, 0.5) is 5.13 Å². The fraction of sp³-hybridized carbons (Fsp3) is 0.632. The van der Waals surface area contributed by atoms with Crippen LogP contribution in [0.5, 0.6) is 0 Å². The van der Waals surface area contributed by atoms with Crippen molar-refractivity contribution in [3.8, 4) is 0 Å². The zero-order valence-electron chi connectivity index (χ0n) is 16.4. The van der Waals surface area contributed by atoms with Gasteiger partial charge in [0.1, 0.15) is 0 Å². The van der Waals surface area contributed by atoms with Crippen molar-refractivity contribution in [1.29, 1.82) is 0 Å². The molecule has 0 saturated carbocycles. The summed E-state index contributed by atoms with van der Waals surface area (Å²) in [5.41, 5.74) is 3.98. The molecule has 2 atom stereocenters. The Kier molecular flexibility index (Phi) is 5.77. The highest BCUT2D eigenvalue weighted by Crippen LogP contribution is 2.24. The largest absolute Gasteiger partial charge is 0.302 e. The van der Waals surface area contributed by atoms with Gasteiger partial charge in [0.2, 0.25) is 5.91 Å². The van der Waals surface area contributed by atoms with Gasteiger partial charge in [-0.2, -0.15) is 5.10 Å². The summed E-state index contributed by atoms with van der Waals surface area (Å²) in [5.74, 6) is 1.44. The maximum atomic E-state index is 12.4. The number of likely N-dealkylation sites (tertiary alicyclic amines) is 1. The molecule has 6 nitrogen and oxygen atoms in total. The number of nitrogens with one attached hydrogen (secondary N) is 1. The summed E-state index contributed by atoms with van der Waals surface area (Å²) in [4.78, 5) is 19.5. The lowest BCUT2D eigenvalue weighted by Gasteiger charge is -2.34. The van der Waals surface area contributed by atoms with Crippen LogP contribution in [-0.4, -0.2) is 38.7 Å². The molecule has 7 heteroatoms. The molecule has 0 bridgehead atoms. The molecule has 0 aliphatic carbocycles. The smallest absolute Gasteiger partial charge is 0.230 e. The van der Waals surface area contributed by atoms with Gasteiger partial charge in [-0.15, -0.1) is 11.3 Å². The predicted octanol–water partition coefficient (Wildman–Crippen LogP) is 3.15. The van der Waals surface area contributed by atoms with Crippen molar-refractivity contribution in [1.82, 2.24) is 19.7 Å². The highest BCUT2D eigenvalue weighted by molar-refractivity contribution is 7.13. The number of thiazole rings is 1. The van der Waals surface area contributed by atoms with Crippen LogP contribution in [0.3, 0.4) is 0 Å². The minimum Gasteiger partial charge on any atom is -0.302 e. The highest BCUT2D eigenvalue weighted by atomic mass is 32.1. The summed E-state index contributed by atoms with van der Waals surface area (Å²) < 4.78 is 1.82. The number of rotatable bonds is 5. The average molecular weight is 376 g/mol. The van der Waals surface area contributed by atoms with Gasteiger partial charge in [0.05, 0.1) is 17.8 Å². The zero-order valence-corrected chi connectivity index (χ0v) is 17.2. The first-order chi connectivity index (χ1) is 12.3. The van der Waals surface area contributed by atoms with E-state index in [1.165, 1.54) is 17.8 Å². The third-order valence-corrected chi connectivity index (χ3v) is 5.93. The maximum absolute atomic E-state index is 12.4. The molecule has 26 heavy (non-hydrogen) atoms. The quantitative estimate of drug-likeness (QED) is 0.872. The number of hydrogen-bond acceptors (Lipinski definition) is 5. The van der Waals surface area contributed by atoms with Crippen molar-refractivity contribution in [2.45, 2.75) is 47.1 Å². The molecule has 0 spiro atoms. The van der Waals surface area contributed by atoms with Crippen LogP contribution in [-0.2, 0) is 24.8 Å². The third kappa shape index (κ3) is 4.51. The zero-order chi connectivity index (χ0) is 18.8. The molecule has 1 amide bonds. The van der Waals surface area contributed by atoms with Crippen LogP contribution in [0.15, 0.2) is 5.38 Å². The molecule has 3 rings (SSSR count). The Labute approximate surface area is 159 Å². The first-order valence-electron chi connectivity index (χ1n) is 9.27. The molecule has 1 aliphatic rings. The average Bonchev–Trinajstić information content (AvgIpc) is 3.06. The van der Waals surface area contributed by atoms with Gasteiger partial charge in [0.25, 0.3) is 0 Å². The fourth-order valence-corrected chi connectivity index (χ4v) is 4.70. The first-order valence-corrected chi connectivity index (χ1v) is 10.2. The lowest BCUT2D eigenvalue weighted by atomic mass is 9.92. The minimum atomic E-state index is -0.0367. The van der Waals surface area contributed by atoms with Crippen LogP contribution in [0.2, 0.25) is 0 Å². The molecular formula is C19H29N5OS. The molecule has 0 radical (unpaired) electrons. The summed E-state index contributed by atoms with van der Waals surface area (Å²) in [6.07, 6.45) is 1.64. The number of amides is 1. The number of carbonyl (C=O) groups is 1. The van der Waals surface area contributed by atoms with Gasteiger partial charge in [0, 0.05) is 43.3 Å². The van der Waals surface area contributed by atoms with Crippen LogP contribution in [0, 0.1) is 25.7 Å². The van der Waals surface area contributed by atoms with Crippen molar-refractivity contribution in [3.05, 3.63) is 28.0 Å². The number of aromatic nitrogens is 3. The van der Waals surface area contributed by atoms with Gasteiger partial charge in [-0.1, -0.05) is 13.8 Å². The Morgan fingerprint density at radius 3 is 2.62 bits per heavy atom. The SMILES string of the molecule is Cc1nn(C)c(C)c1CC(=O)Nc1nc(CN2CC(C)CC(C)C2)cs1. The van der Waals surface area contributed by atoms with Crippen LogP contribution in [0.1, 0.15) is 42.9 Å². The summed E-state index contributed by atoms with van der Waals surface area (Å²) in [6, 6.07) is 0. The second kappa shape index (κ2) is 7.88. The van der Waals surface area contributed by atoms with E-state index in [2.05, 4.69) is 39.5 Å². The van der Waals surface area contributed by atoms with Crippen molar-refractivity contribution in [2.24, 2.45) is 18.9 Å². The van der Waals surface area contributed by atoms with Crippen LogP contribution < -0.4 is 5.32 Å². The van der Waals surface area contributed by atoms with E-state index in [9.17, 15) is 4.79 Å². The summed E-state index contributed by atoms with van der Waals surface area (Å²) in [5, 5.41) is 10.1. The van der Waals surface area contributed by atoms with Crippen LogP contribution >= 0.6 is 11.3 Å². The number of piperidine rings is 1. The van der Waals surface area contributed by atoms with E-state index in [1.54, 1.807) is 0 Å². The second-order valence-corrected chi connectivity index (χ2v) is 8.64. The van der Waals surface area contributed by atoms with E-state index in [0.717, 1.165) is 54.1 Å². The van der Waals surface area contributed by atoms with E-state index in [-0.39, 0.29) is 5.91 Å². The topological polar surface area (TPSA) is 63.1 Å². The number of anilines is 1. The molecule has 142 valence electrons. The summed E-state index contributed by atoms with van der Waals surface area (Å²) in [6.45, 7) is 11.7. The van der Waals surface area contributed by atoms with Gasteiger partial charge >= 0.3 is 0 Å². The molecule has 1 fully saturated rings. The van der Waals surface area contributed by atoms with Crippen molar-refractivity contribution < 1.29 is 4.79 Å².